The smallest absolute Gasteiger partial charge is 0.0708 e. The average Bonchev–Trinajstić information content (AvgIpc) is 2.69. The Bertz CT molecular complexity index is 814. The molecule has 2 aromatic heterocycles. The average molecular weight is 330 g/mol. The maximum absolute atomic E-state index is 5.53. The molecule has 2 N–H and O–H groups in total. The molecule has 3 aromatic rings. The van der Waals surface area contributed by atoms with E-state index in [0.717, 1.165) is 47.5 Å². The molecule has 0 saturated heterocycles. The van der Waals surface area contributed by atoms with Crippen LogP contribution in [0.25, 0.3) is 22.5 Å². The lowest BCUT2D eigenvalue weighted by molar-refractivity contribution is 0.757. The quantitative estimate of drug-likeness (QED) is 0.526. The lowest BCUT2D eigenvalue weighted by Crippen LogP contribution is -1.99. The maximum atomic E-state index is 5.53. The van der Waals surface area contributed by atoms with Crippen LogP contribution in [-0.4, -0.2) is 29.3 Å². The topological polar surface area (TPSA) is 64.2 Å². The van der Waals surface area contributed by atoms with Crippen LogP contribution in [0.2, 0.25) is 0 Å². The van der Waals surface area contributed by atoms with Crippen molar-refractivity contribution >= 4 is 6.21 Å². The van der Waals surface area contributed by atoms with Crippen molar-refractivity contribution in [2.24, 2.45) is 10.7 Å². The number of aromatic nitrogens is 2. The normalized spacial score (nSPS) is 11.1. The number of hydrogen-bond acceptors (Lipinski definition) is 4. The van der Waals surface area contributed by atoms with Gasteiger partial charge in [0.1, 0.15) is 0 Å². The van der Waals surface area contributed by atoms with Gasteiger partial charge in [-0.3, -0.25) is 15.0 Å². The Morgan fingerprint density at radius 1 is 0.880 bits per heavy atom. The van der Waals surface area contributed by atoms with E-state index in [4.69, 9.17) is 5.73 Å². The van der Waals surface area contributed by atoms with Gasteiger partial charge in [0, 0.05) is 41.8 Å². The minimum atomic E-state index is 0.716. The molecule has 4 nitrogen and oxygen atoms in total. The fourth-order valence-corrected chi connectivity index (χ4v) is 2.62. The van der Waals surface area contributed by atoms with Gasteiger partial charge in [-0.1, -0.05) is 24.3 Å². The molecule has 0 bridgehead atoms. The van der Waals surface area contributed by atoms with E-state index in [1.165, 1.54) is 0 Å². The van der Waals surface area contributed by atoms with Crippen LogP contribution in [0.4, 0.5) is 0 Å². The number of pyridine rings is 2. The summed E-state index contributed by atoms with van der Waals surface area (Å²) in [6.07, 6.45) is 7.57. The monoisotopic (exact) mass is 330 g/mol. The third-order valence-electron chi connectivity index (χ3n) is 3.93. The van der Waals surface area contributed by atoms with Crippen molar-refractivity contribution < 1.29 is 0 Å². The first-order valence-electron chi connectivity index (χ1n) is 8.55. The molecule has 0 fully saturated rings. The standard InChI is InChI=1S/C21H22N4/c22-11-3-6-12-23-16-18-10-9-17(20-7-1-4-13-24-20)15-19(18)21-8-2-5-14-25-21/h1-2,4-5,7-10,13-16H,3,6,11-12,22H2. The van der Waals surface area contributed by atoms with Gasteiger partial charge in [0.25, 0.3) is 0 Å². The molecule has 0 amide bonds. The zero-order valence-corrected chi connectivity index (χ0v) is 14.2. The van der Waals surface area contributed by atoms with E-state index in [9.17, 15) is 0 Å². The fraction of sp³-hybridized carbons (Fsp3) is 0.190. The van der Waals surface area contributed by atoms with E-state index in [0.29, 0.717) is 6.54 Å². The summed E-state index contributed by atoms with van der Waals surface area (Å²) in [5.41, 5.74) is 10.6. The third-order valence-corrected chi connectivity index (χ3v) is 3.93. The molecule has 0 spiro atoms. The second kappa shape index (κ2) is 8.85. The van der Waals surface area contributed by atoms with Gasteiger partial charge in [0.15, 0.2) is 0 Å². The van der Waals surface area contributed by atoms with Crippen molar-refractivity contribution in [2.75, 3.05) is 13.1 Å². The number of nitrogens with zero attached hydrogens (tertiary/aromatic N) is 3. The molecule has 0 aliphatic carbocycles. The Morgan fingerprint density at radius 3 is 2.32 bits per heavy atom. The van der Waals surface area contributed by atoms with Gasteiger partial charge in [-0.15, -0.1) is 0 Å². The first-order valence-corrected chi connectivity index (χ1v) is 8.55. The van der Waals surface area contributed by atoms with Crippen molar-refractivity contribution in [3.8, 4) is 22.5 Å². The van der Waals surface area contributed by atoms with E-state index in [-0.39, 0.29) is 0 Å². The summed E-state index contributed by atoms with van der Waals surface area (Å²) in [6.45, 7) is 1.51. The number of benzene rings is 1. The molecule has 126 valence electrons. The molecular formula is C21H22N4. The van der Waals surface area contributed by atoms with Gasteiger partial charge >= 0.3 is 0 Å². The van der Waals surface area contributed by atoms with Crippen LogP contribution in [0.5, 0.6) is 0 Å². The van der Waals surface area contributed by atoms with Gasteiger partial charge in [0.2, 0.25) is 0 Å². The van der Waals surface area contributed by atoms with Crippen LogP contribution in [-0.2, 0) is 0 Å². The molecule has 3 rings (SSSR count). The van der Waals surface area contributed by atoms with Crippen LogP contribution >= 0.6 is 0 Å². The van der Waals surface area contributed by atoms with Crippen LogP contribution < -0.4 is 5.73 Å². The molecule has 0 saturated carbocycles. The molecule has 25 heavy (non-hydrogen) atoms. The highest BCUT2D eigenvalue weighted by Crippen LogP contribution is 2.26. The predicted octanol–water partition coefficient (Wildman–Crippen LogP) is 3.97. The van der Waals surface area contributed by atoms with E-state index in [2.05, 4.69) is 33.2 Å². The summed E-state index contributed by atoms with van der Waals surface area (Å²) in [5.74, 6) is 0. The van der Waals surface area contributed by atoms with E-state index in [1.807, 2.05) is 55.0 Å². The van der Waals surface area contributed by atoms with Gasteiger partial charge in [0.05, 0.1) is 11.4 Å². The van der Waals surface area contributed by atoms with Crippen LogP contribution in [0, 0.1) is 0 Å². The summed E-state index contributed by atoms with van der Waals surface area (Å²) in [4.78, 5) is 13.5. The van der Waals surface area contributed by atoms with Gasteiger partial charge < -0.3 is 5.73 Å². The summed E-state index contributed by atoms with van der Waals surface area (Å²) in [7, 11) is 0. The molecule has 4 heteroatoms. The van der Waals surface area contributed by atoms with Crippen LogP contribution in [0.3, 0.4) is 0 Å². The zero-order chi connectivity index (χ0) is 17.3. The summed E-state index contributed by atoms with van der Waals surface area (Å²) < 4.78 is 0. The highest BCUT2D eigenvalue weighted by atomic mass is 14.7. The molecule has 0 radical (unpaired) electrons. The number of aliphatic imine (C=N–C) groups is 1. The molecule has 0 aliphatic rings. The first kappa shape index (κ1) is 17.0. The van der Waals surface area contributed by atoms with E-state index >= 15 is 0 Å². The van der Waals surface area contributed by atoms with Crippen molar-refractivity contribution in [2.45, 2.75) is 12.8 Å². The van der Waals surface area contributed by atoms with Gasteiger partial charge in [-0.25, -0.2) is 0 Å². The molecule has 2 heterocycles. The Kier molecular flexibility index (Phi) is 6.01. The third kappa shape index (κ3) is 4.58. The SMILES string of the molecule is NCCCCN=Cc1ccc(-c2ccccn2)cc1-c1ccccn1. The van der Waals surface area contributed by atoms with Gasteiger partial charge in [-0.2, -0.15) is 0 Å². The maximum Gasteiger partial charge on any atom is 0.0708 e. The number of unbranched alkanes of at least 4 members (excludes halogenated alkanes) is 1. The Labute approximate surface area is 148 Å². The minimum Gasteiger partial charge on any atom is -0.330 e. The largest absolute Gasteiger partial charge is 0.330 e. The molecular weight excluding hydrogens is 308 g/mol. The lowest BCUT2D eigenvalue weighted by Gasteiger charge is -2.09. The summed E-state index contributed by atoms with van der Waals surface area (Å²) in [5, 5.41) is 0. The van der Waals surface area contributed by atoms with Crippen molar-refractivity contribution in [3.05, 3.63) is 72.6 Å². The number of rotatable bonds is 7. The molecule has 1 aromatic carbocycles. The summed E-state index contributed by atoms with van der Waals surface area (Å²) in [6, 6.07) is 18.2. The Balaban J connectivity index is 1.94. The lowest BCUT2D eigenvalue weighted by atomic mass is 9.99. The van der Waals surface area contributed by atoms with E-state index in [1.54, 1.807) is 0 Å². The van der Waals surface area contributed by atoms with Crippen molar-refractivity contribution in [1.82, 2.24) is 9.97 Å². The van der Waals surface area contributed by atoms with Crippen LogP contribution in [0.1, 0.15) is 18.4 Å². The Hall–Kier alpha value is -2.85. The molecule has 0 unspecified atom stereocenters. The highest BCUT2D eigenvalue weighted by Gasteiger charge is 2.08. The molecule has 0 aliphatic heterocycles. The second-order valence-corrected chi connectivity index (χ2v) is 5.76. The van der Waals surface area contributed by atoms with Crippen LogP contribution in [0.15, 0.2) is 72.0 Å². The minimum absolute atomic E-state index is 0.716. The fourth-order valence-electron chi connectivity index (χ4n) is 2.62. The number of hydrogen-bond donors (Lipinski definition) is 1. The Morgan fingerprint density at radius 2 is 1.64 bits per heavy atom. The second-order valence-electron chi connectivity index (χ2n) is 5.76. The van der Waals surface area contributed by atoms with E-state index < -0.39 is 0 Å². The van der Waals surface area contributed by atoms with Gasteiger partial charge in [-0.05, 0) is 49.7 Å². The van der Waals surface area contributed by atoms with Crippen molar-refractivity contribution in [3.63, 3.8) is 0 Å². The van der Waals surface area contributed by atoms with Crippen molar-refractivity contribution in [1.29, 1.82) is 0 Å². The number of nitrogens with two attached hydrogens (primary N) is 1. The predicted molar refractivity (Wildman–Crippen MR) is 104 cm³/mol. The zero-order valence-electron chi connectivity index (χ0n) is 14.2. The molecule has 0 atom stereocenters. The first-order chi connectivity index (χ1) is 12.4. The summed E-state index contributed by atoms with van der Waals surface area (Å²) >= 11 is 0. The highest BCUT2D eigenvalue weighted by molar-refractivity contribution is 5.91.